The van der Waals surface area contributed by atoms with Gasteiger partial charge in [0.05, 0.1) is 26.0 Å². The molecule has 2 saturated heterocycles. The molecule has 156 valence electrons. The highest BCUT2D eigenvalue weighted by atomic mass is 16.6. The molecule has 12 nitrogen and oxygen atoms in total. The number of carbonyl (C=O) groups excluding carboxylic acids is 1. The van der Waals surface area contributed by atoms with Gasteiger partial charge >= 0.3 is 5.97 Å². The summed E-state index contributed by atoms with van der Waals surface area (Å²) in [5, 5.41) is 21.6. The molecule has 2 fully saturated rings. The first-order chi connectivity index (χ1) is 13.8. The van der Waals surface area contributed by atoms with Gasteiger partial charge in [-0.15, -0.1) is 0 Å². The smallest absolute Gasteiger partial charge is 0.303 e. The van der Waals surface area contributed by atoms with Crippen LogP contribution in [0.5, 0.6) is 0 Å². The van der Waals surface area contributed by atoms with E-state index >= 15 is 0 Å². The number of aromatic amines is 1. The topological polar surface area (TPSA) is 169 Å². The van der Waals surface area contributed by atoms with Gasteiger partial charge in [0.2, 0.25) is 11.9 Å². The van der Waals surface area contributed by atoms with Gasteiger partial charge in [-0.1, -0.05) is 13.8 Å². The fraction of sp³-hybridized carbons (Fsp3) is 0.588. The molecule has 2 aliphatic heterocycles. The van der Waals surface area contributed by atoms with E-state index in [1.165, 1.54) is 10.9 Å². The number of aliphatic hydroxyl groups excluding tert-OH is 1. The van der Waals surface area contributed by atoms with E-state index in [0.29, 0.717) is 0 Å². The van der Waals surface area contributed by atoms with Crippen molar-refractivity contribution >= 4 is 29.0 Å². The third kappa shape index (κ3) is 3.09. The first-order valence-electron chi connectivity index (χ1n) is 9.15. The minimum atomic E-state index is -1.15. The van der Waals surface area contributed by atoms with Crippen molar-refractivity contribution in [3.8, 4) is 0 Å². The standard InChI is InChI=1S/C17H21N5O7/c1-7(2)13(26)20-16-19-12-10(14(27)21-16)18-6-22(12)15-11-8(3-9(24)25)17(4-23,29-15)5-28-11/h6-8,11,15,23H,3-5H2,1-2H3,(H,24,25)(H2,19,20,21,26,27)/t8?,11-,15+,17-/m0/s1. The highest BCUT2D eigenvalue weighted by Gasteiger charge is 2.62. The SMILES string of the molecule is CC(C)C(=O)Nc1nc2c(ncn2[C@@H]2O[C@@]3(CO)CO[C@H]2C3CC(=O)O)c(=O)[nH]1. The van der Waals surface area contributed by atoms with Crippen molar-refractivity contribution < 1.29 is 29.3 Å². The van der Waals surface area contributed by atoms with Gasteiger partial charge in [-0.05, 0) is 0 Å². The second-order valence-corrected chi connectivity index (χ2v) is 7.59. The van der Waals surface area contributed by atoms with Crippen molar-refractivity contribution in [2.75, 3.05) is 18.5 Å². The van der Waals surface area contributed by atoms with Gasteiger partial charge in [0.25, 0.3) is 5.56 Å². The quantitative estimate of drug-likeness (QED) is 0.491. The van der Waals surface area contributed by atoms with Crippen molar-refractivity contribution in [3.05, 3.63) is 16.7 Å². The lowest BCUT2D eigenvalue weighted by molar-refractivity contribution is -0.184. The second-order valence-electron chi connectivity index (χ2n) is 7.59. The van der Waals surface area contributed by atoms with Crippen molar-refractivity contribution in [1.82, 2.24) is 19.5 Å². The fourth-order valence-electron chi connectivity index (χ4n) is 3.81. The predicted molar refractivity (Wildman–Crippen MR) is 97.0 cm³/mol. The Morgan fingerprint density at radius 3 is 2.90 bits per heavy atom. The number of carboxylic acids is 1. The third-order valence-electron chi connectivity index (χ3n) is 5.36. The number of fused-ring (bicyclic) bond motifs is 3. The number of carboxylic acid groups (broad SMARTS) is 1. The summed E-state index contributed by atoms with van der Waals surface area (Å²) < 4.78 is 13.2. The maximum Gasteiger partial charge on any atom is 0.303 e. The maximum atomic E-state index is 12.4. The van der Waals surface area contributed by atoms with Gasteiger partial charge in [0.15, 0.2) is 17.4 Å². The number of hydrogen-bond donors (Lipinski definition) is 4. The van der Waals surface area contributed by atoms with E-state index in [-0.39, 0.29) is 42.0 Å². The number of amides is 1. The van der Waals surface area contributed by atoms with Crippen LogP contribution < -0.4 is 10.9 Å². The number of carbonyl (C=O) groups is 2. The first-order valence-corrected chi connectivity index (χ1v) is 9.15. The van der Waals surface area contributed by atoms with E-state index < -0.39 is 42.0 Å². The van der Waals surface area contributed by atoms with Crippen LogP contribution >= 0.6 is 0 Å². The molecule has 2 aromatic heterocycles. The van der Waals surface area contributed by atoms with Crippen LogP contribution in [0, 0.1) is 11.8 Å². The molecule has 0 saturated carbocycles. The number of hydrogen-bond acceptors (Lipinski definition) is 8. The number of aliphatic hydroxyl groups is 1. The molecule has 0 aliphatic carbocycles. The Bertz CT molecular complexity index is 1030. The van der Waals surface area contributed by atoms with Crippen LogP contribution in [0.3, 0.4) is 0 Å². The van der Waals surface area contributed by atoms with E-state index in [0.717, 1.165) is 0 Å². The molecule has 12 heteroatoms. The Morgan fingerprint density at radius 2 is 2.24 bits per heavy atom. The number of aliphatic carboxylic acids is 1. The summed E-state index contributed by atoms with van der Waals surface area (Å²) in [6.07, 6.45) is -0.380. The van der Waals surface area contributed by atoms with Gasteiger partial charge in [-0.25, -0.2) is 4.98 Å². The Kier molecular flexibility index (Phi) is 4.63. The molecule has 4 rings (SSSR count). The van der Waals surface area contributed by atoms with Crippen LogP contribution in [0.2, 0.25) is 0 Å². The maximum absolute atomic E-state index is 12.4. The normalized spacial score (nSPS) is 28.3. The molecule has 2 aliphatic rings. The number of aromatic nitrogens is 4. The Hall–Kier alpha value is -2.83. The highest BCUT2D eigenvalue weighted by Crippen LogP contribution is 2.50. The monoisotopic (exact) mass is 407 g/mol. The largest absolute Gasteiger partial charge is 0.481 e. The van der Waals surface area contributed by atoms with Gasteiger partial charge in [0, 0.05) is 11.8 Å². The van der Waals surface area contributed by atoms with Crippen LogP contribution in [-0.4, -0.2) is 66.5 Å². The molecule has 0 radical (unpaired) electrons. The average molecular weight is 407 g/mol. The van der Waals surface area contributed by atoms with Crippen LogP contribution in [0.25, 0.3) is 11.2 Å². The summed E-state index contributed by atoms with van der Waals surface area (Å²) in [6.45, 7) is 3.06. The van der Waals surface area contributed by atoms with E-state index in [1.807, 2.05) is 0 Å². The molecule has 29 heavy (non-hydrogen) atoms. The number of ether oxygens (including phenoxy) is 2. The van der Waals surface area contributed by atoms with E-state index in [2.05, 4.69) is 20.3 Å². The summed E-state index contributed by atoms with van der Waals surface area (Å²) in [5.74, 6) is -2.28. The molecule has 2 aromatic rings. The predicted octanol–water partition coefficient (Wildman–Crippen LogP) is -0.536. The van der Waals surface area contributed by atoms with Crippen molar-refractivity contribution in [2.24, 2.45) is 11.8 Å². The Balaban J connectivity index is 1.73. The molecule has 1 unspecified atom stereocenters. The van der Waals surface area contributed by atoms with E-state index in [9.17, 15) is 24.6 Å². The van der Waals surface area contributed by atoms with Crippen LogP contribution in [0.1, 0.15) is 26.5 Å². The van der Waals surface area contributed by atoms with Crippen LogP contribution in [-0.2, 0) is 19.1 Å². The molecule has 4 heterocycles. The Morgan fingerprint density at radius 1 is 1.48 bits per heavy atom. The van der Waals surface area contributed by atoms with Crippen molar-refractivity contribution in [3.63, 3.8) is 0 Å². The molecule has 4 atom stereocenters. The summed E-state index contributed by atoms with van der Waals surface area (Å²) in [6, 6.07) is 0. The lowest BCUT2D eigenvalue weighted by Crippen LogP contribution is -2.42. The number of imidazole rings is 1. The first kappa shape index (κ1) is 19.5. The summed E-state index contributed by atoms with van der Waals surface area (Å²) in [7, 11) is 0. The van der Waals surface area contributed by atoms with E-state index in [4.69, 9.17) is 9.47 Å². The van der Waals surface area contributed by atoms with Crippen molar-refractivity contribution in [1.29, 1.82) is 0 Å². The van der Waals surface area contributed by atoms with E-state index in [1.54, 1.807) is 13.8 Å². The van der Waals surface area contributed by atoms with Gasteiger partial charge < -0.3 is 19.7 Å². The minimum absolute atomic E-state index is 0.0340. The van der Waals surface area contributed by atoms with Gasteiger partial charge in [-0.3, -0.25) is 29.3 Å². The summed E-state index contributed by atoms with van der Waals surface area (Å²) >= 11 is 0. The summed E-state index contributed by atoms with van der Waals surface area (Å²) in [5.41, 5.74) is -1.51. The van der Waals surface area contributed by atoms with Crippen LogP contribution in [0.15, 0.2) is 11.1 Å². The minimum Gasteiger partial charge on any atom is -0.481 e. The van der Waals surface area contributed by atoms with Crippen molar-refractivity contribution in [2.45, 2.75) is 38.2 Å². The van der Waals surface area contributed by atoms with Gasteiger partial charge in [-0.2, -0.15) is 4.98 Å². The number of rotatable bonds is 6. The molecule has 2 bridgehead atoms. The Labute approximate surface area is 163 Å². The second kappa shape index (κ2) is 6.90. The molecule has 4 N–H and O–H groups in total. The number of anilines is 1. The molecule has 1 amide bonds. The lowest BCUT2D eigenvalue weighted by Gasteiger charge is -2.30. The van der Waals surface area contributed by atoms with Gasteiger partial charge in [0.1, 0.15) is 11.7 Å². The average Bonchev–Trinajstić information content (AvgIpc) is 3.31. The summed E-state index contributed by atoms with van der Waals surface area (Å²) in [4.78, 5) is 46.4. The number of nitrogens with zero attached hydrogens (tertiary/aromatic N) is 3. The molecular formula is C17H21N5O7. The molecular weight excluding hydrogens is 386 g/mol. The number of H-pyrrole nitrogens is 1. The third-order valence-corrected chi connectivity index (χ3v) is 5.36. The molecule has 0 aromatic carbocycles. The lowest BCUT2D eigenvalue weighted by atomic mass is 9.86. The zero-order chi connectivity index (χ0) is 20.9. The zero-order valence-corrected chi connectivity index (χ0v) is 15.8. The van der Waals surface area contributed by atoms with Crippen LogP contribution in [0.4, 0.5) is 5.95 Å². The zero-order valence-electron chi connectivity index (χ0n) is 15.8. The molecule has 0 spiro atoms. The highest BCUT2D eigenvalue weighted by molar-refractivity contribution is 5.91. The fourth-order valence-corrected chi connectivity index (χ4v) is 3.81. The number of nitrogens with one attached hydrogen (secondary N) is 2.